The average molecular weight is 262 g/mol. The summed E-state index contributed by atoms with van der Waals surface area (Å²) in [6.45, 7) is 0. The van der Waals surface area contributed by atoms with Gasteiger partial charge < -0.3 is 9.47 Å². The Morgan fingerprint density at radius 2 is 1.17 bits per heavy atom. The Kier molecular flexibility index (Phi) is 1.42. The number of fused-ring (bicyclic) bond motifs is 12. The minimum absolute atomic E-state index is 0.159. The molecular weight excluding hydrogens is 252 g/mol. The van der Waals surface area contributed by atoms with Gasteiger partial charge in [-0.05, 0) is 0 Å². The Morgan fingerprint density at radius 1 is 0.722 bits per heavy atom. The average Bonchev–Trinajstić information content (AvgIpc) is 3.04. The zero-order valence-electron chi connectivity index (χ0n) is 9.10. The molecule has 18 heavy (non-hydrogen) atoms. The summed E-state index contributed by atoms with van der Waals surface area (Å²) in [5.74, 6) is -10.8. The second-order valence-electron chi connectivity index (χ2n) is 5.97. The molecule has 0 unspecified atom stereocenters. The molecule has 5 rings (SSSR count). The van der Waals surface area contributed by atoms with Gasteiger partial charge in [-0.15, -0.1) is 0 Å². The lowest BCUT2D eigenvalue weighted by Crippen LogP contribution is -2.72. The molecule has 4 heterocycles. The zero-order valence-corrected chi connectivity index (χ0v) is 9.10. The van der Waals surface area contributed by atoms with Crippen molar-refractivity contribution in [1.29, 1.82) is 0 Å². The molecule has 2 nitrogen and oxygen atoms in total. The molecule has 0 aromatic heterocycles. The Morgan fingerprint density at radius 3 is 1.61 bits per heavy atom. The first kappa shape index (κ1) is 10.2. The predicted octanol–water partition coefficient (Wildman–Crippen LogP) is 1.85. The van der Waals surface area contributed by atoms with Crippen molar-refractivity contribution in [2.45, 2.75) is 36.3 Å². The van der Waals surface area contributed by atoms with Gasteiger partial charge in [-0.25, -0.2) is 0 Å². The summed E-state index contributed by atoms with van der Waals surface area (Å²) >= 11 is 0. The smallest absolute Gasteiger partial charge is 0.316 e. The van der Waals surface area contributed by atoms with Crippen molar-refractivity contribution in [1.82, 2.24) is 0 Å². The molecule has 1 saturated carbocycles. The van der Waals surface area contributed by atoms with Gasteiger partial charge >= 0.3 is 11.8 Å². The molecule has 4 bridgehead atoms. The summed E-state index contributed by atoms with van der Waals surface area (Å²) in [4.78, 5) is 0. The maximum absolute atomic E-state index is 13.5. The quantitative estimate of drug-likeness (QED) is 0.490. The highest BCUT2D eigenvalue weighted by molar-refractivity contribution is 5.30. The molecule has 0 aromatic rings. The molecule has 0 radical (unpaired) electrons. The first-order chi connectivity index (χ1) is 8.44. The lowest BCUT2D eigenvalue weighted by molar-refractivity contribution is -0.358. The summed E-state index contributed by atoms with van der Waals surface area (Å²) in [7, 11) is 0. The van der Waals surface area contributed by atoms with Gasteiger partial charge in [0.05, 0.1) is 36.3 Å². The maximum atomic E-state index is 13.5. The second-order valence-corrected chi connectivity index (χ2v) is 5.97. The van der Waals surface area contributed by atoms with Crippen molar-refractivity contribution in [2.75, 3.05) is 0 Å². The van der Waals surface area contributed by atoms with E-state index in [4.69, 9.17) is 9.47 Å². The van der Waals surface area contributed by atoms with E-state index in [0.29, 0.717) is 0 Å². The van der Waals surface area contributed by atoms with Crippen LogP contribution >= 0.6 is 0 Å². The molecular formula is C12H10F4O2. The lowest BCUT2D eigenvalue weighted by atomic mass is 9.53. The zero-order chi connectivity index (χ0) is 12.4. The van der Waals surface area contributed by atoms with E-state index in [1.807, 2.05) is 12.2 Å². The Bertz CT molecular complexity index is 437. The third-order valence-electron chi connectivity index (χ3n) is 5.46. The fourth-order valence-electron chi connectivity index (χ4n) is 4.81. The highest BCUT2D eigenvalue weighted by Crippen LogP contribution is 2.73. The van der Waals surface area contributed by atoms with Gasteiger partial charge in [-0.1, -0.05) is 12.2 Å². The van der Waals surface area contributed by atoms with Gasteiger partial charge in [0.25, 0.3) is 0 Å². The molecule has 3 saturated heterocycles. The van der Waals surface area contributed by atoms with Gasteiger partial charge in [-0.2, -0.15) is 17.6 Å². The summed E-state index contributed by atoms with van der Waals surface area (Å²) in [6.07, 6.45) is 1.72. The van der Waals surface area contributed by atoms with Gasteiger partial charge in [0.15, 0.2) is 0 Å². The van der Waals surface area contributed by atoms with Crippen molar-refractivity contribution < 1.29 is 27.0 Å². The molecule has 4 aliphatic heterocycles. The molecule has 5 aliphatic rings. The molecule has 0 aromatic carbocycles. The molecule has 0 N–H and O–H groups in total. The fraction of sp³-hybridized carbons (Fsp3) is 0.833. The van der Waals surface area contributed by atoms with Crippen LogP contribution in [0.15, 0.2) is 12.2 Å². The van der Waals surface area contributed by atoms with Crippen LogP contribution in [0.3, 0.4) is 0 Å². The van der Waals surface area contributed by atoms with E-state index in [1.165, 1.54) is 0 Å². The maximum Gasteiger partial charge on any atom is 0.316 e. The molecule has 4 fully saturated rings. The summed E-state index contributed by atoms with van der Waals surface area (Å²) in [5, 5.41) is 0. The van der Waals surface area contributed by atoms with Crippen LogP contribution in [0, 0.1) is 23.7 Å². The van der Waals surface area contributed by atoms with Crippen LogP contribution in [-0.4, -0.2) is 36.3 Å². The Balaban J connectivity index is 1.61. The standard InChI is InChI=1S/C12H10F4O2/c13-11(14)7-8(12(11,15)16)10-6-4-2-1-3(17-4)5(6)9(7)18-10/h1-10H/t3-,4+,5-,6-,7-,8-,9-,10-/m1/s1. The summed E-state index contributed by atoms with van der Waals surface area (Å²) < 4.78 is 65.3. The first-order valence-corrected chi connectivity index (χ1v) is 6.19. The van der Waals surface area contributed by atoms with Crippen molar-refractivity contribution in [3.05, 3.63) is 12.2 Å². The molecule has 6 heteroatoms. The van der Waals surface area contributed by atoms with Crippen molar-refractivity contribution in [3.8, 4) is 0 Å². The molecule has 0 spiro atoms. The second kappa shape index (κ2) is 2.50. The largest absolute Gasteiger partial charge is 0.373 e. The van der Waals surface area contributed by atoms with Crippen LogP contribution in [0.25, 0.3) is 0 Å². The van der Waals surface area contributed by atoms with E-state index < -0.39 is 35.9 Å². The van der Waals surface area contributed by atoms with E-state index in [2.05, 4.69) is 0 Å². The number of ether oxygens (including phenoxy) is 2. The predicted molar refractivity (Wildman–Crippen MR) is 50.3 cm³/mol. The van der Waals surface area contributed by atoms with E-state index >= 15 is 0 Å². The van der Waals surface area contributed by atoms with Crippen molar-refractivity contribution >= 4 is 0 Å². The Labute approximate surface area is 99.9 Å². The SMILES string of the molecule is FC1(F)[C@H]2[C@@H]3O[C@H]([C@H]4[C@H]3[C@@H]3C=C[C@H]4O3)[C@@H]2C1(F)F. The van der Waals surface area contributed by atoms with Gasteiger partial charge in [0.2, 0.25) is 0 Å². The van der Waals surface area contributed by atoms with Crippen LogP contribution in [-0.2, 0) is 9.47 Å². The molecule has 98 valence electrons. The van der Waals surface area contributed by atoms with Gasteiger partial charge in [0.1, 0.15) is 0 Å². The summed E-state index contributed by atoms with van der Waals surface area (Å²) in [6, 6.07) is 0. The monoisotopic (exact) mass is 262 g/mol. The van der Waals surface area contributed by atoms with Crippen molar-refractivity contribution in [3.63, 3.8) is 0 Å². The van der Waals surface area contributed by atoms with Crippen LogP contribution in [0.5, 0.6) is 0 Å². The van der Waals surface area contributed by atoms with Crippen LogP contribution in [0.2, 0.25) is 0 Å². The summed E-state index contributed by atoms with van der Waals surface area (Å²) in [5.41, 5.74) is 0. The topological polar surface area (TPSA) is 18.5 Å². The van der Waals surface area contributed by atoms with Crippen LogP contribution in [0.4, 0.5) is 17.6 Å². The first-order valence-electron chi connectivity index (χ1n) is 6.19. The van der Waals surface area contributed by atoms with Gasteiger partial charge in [0, 0.05) is 11.8 Å². The normalized spacial score (nSPS) is 63.8. The minimum atomic E-state index is -3.92. The molecule has 8 atom stereocenters. The number of rotatable bonds is 0. The van der Waals surface area contributed by atoms with Crippen molar-refractivity contribution in [2.24, 2.45) is 23.7 Å². The number of alkyl halides is 4. The highest BCUT2D eigenvalue weighted by atomic mass is 19.3. The van der Waals surface area contributed by atoms with E-state index in [0.717, 1.165) is 0 Å². The van der Waals surface area contributed by atoms with Crippen LogP contribution < -0.4 is 0 Å². The number of hydrogen-bond acceptors (Lipinski definition) is 2. The molecule has 1 aliphatic carbocycles. The Hall–Kier alpha value is -0.620. The lowest BCUT2D eigenvalue weighted by Gasteiger charge is -2.53. The van der Waals surface area contributed by atoms with Crippen LogP contribution in [0.1, 0.15) is 0 Å². The van der Waals surface area contributed by atoms with E-state index in [-0.39, 0.29) is 24.0 Å². The van der Waals surface area contributed by atoms with E-state index in [9.17, 15) is 17.6 Å². The number of halogens is 4. The van der Waals surface area contributed by atoms with E-state index in [1.54, 1.807) is 0 Å². The van der Waals surface area contributed by atoms with Gasteiger partial charge in [-0.3, -0.25) is 0 Å². The third kappa shape index (κ3) is 0.744. The fourth-order valence-corrected chi connectivity index (χ4v) is 4.81. The number of hydrogen-bond donors (Lipinski definition) is 0. The third-order valence-corrected chi connectivity index (χ3v) is 5.46. The minimum Gasteiger partial charge on any atom is -0.373 e. The highest BCUT2D eigenvalue weighted by Gasteiger charge is 2.89. The molecule has 0 amide bonds.